The molecule has 0 unspecified atom stereocenters. The monoisotopic (exact) mass is 297 g/mol. The summed E-state index contributed by atoms with van der Waals surface area (Å²) in [6.45, 7) is 7.11. The molecular formula is C19H25N2O+. The van der Waals surface area contributed by atoms with E-state index in [2.05, 4.69) is 23.6 Å². The topological polar surface area (TPSA) is 45.7 Å². The molecule has 3 nitrogen and oxygen atoms in total. The molecule has 2 aromatic carbocycles. The standard InChI is InChI=1S/C19H24N2O/c1-4-12-20-18(16-8-6-5-7-9-16)19(22)21-17-13-14(2)10-11-15(17)3/h5-11,13,18,20H,4,12H2,1-3H3,(H,21,22)/p+1/t18-/m0/s1. The molecule has 1 amide bonds. The number of hydrogen-bond acceptors (Lipinski definition) is 1. The van der Waals surface area contributed by atoms with Crippen molar-refractivity contribution in [3.05, 3.63) is 65.2 Å². The second kappa shape index (κ2) is 7.76. The maximum atomic E-state index is 12.7. The highest BCUT2D eigenvalue weighted by molar-refractivity contribution is 5.95. The van der Waals surface area contributed by atoms with Gasteiger partial charge in [0.15, 0.2) is 6.04 Å². The average molecular weight is 297 g/mol. The first-order valence-electron chi connectivity index (χ1n) is 7.88. The van der Waals surface area contributed by atoms with Gasteiger partial charge in [-0.15, -0.1) is 0 Å². The van der Waals surface area contributed by atoms with Crippen LogP contribution in [0, 0.1) is 13.8 Å². The highest BCUT2D eigenvalue weighted by Gasteiger charge is 2.23. The minimum Gasteiger partial charge on any atom is -0.332 e. The van der Waals surface area contributed by atoms with E-state index in [-0.39, 0.29) is 11.9 Å². The van der Waals surface area contributed by atoms with Crippen LogP contribution in [0.3, 0.4) is 0 Å². The third-order valence-electron chi connectivity index (χ3n) is 3.78. The summed E-state index contributed by atoms with van der Waals surface area (Å²) in [6.07, 6.45) is 1.04. The number of anilines is 1. The fourth-order valence-corrected chi connectivity index (χ4v) is 2.47. The molecule has 0 spiro atoms. The van der Waals surface area contributed by atoms with Gasteiger partial charge < -0.3 is 10.6 Å². The van der Waals surface area contributed by atoms with E-state index in [1.165, 1.54) is 0 Å². The van der Waals surface area contributed by atoms with Gasteiger partial charge in [-0.3, -0.25) is 4.79 Å². The van der Waals surface area contributed by atoms with E-state index in [0.717, 1.165) is 35.3 Å². The van der Waals surface area contributed by atoms with E-state index < -0.39 is 0 Å². The van der Waals surface area contributed by atoms with Gasteiger partial charge in [-0.25, -0.2) is 0 Å². The van der Waals surface area contributed by atoms with Gasteiger partial charge in [0, 0.05) is 11.3 Å². The number of rotatable bonds is 6. The van der Waals surface area contributed by atoms with E-state index >= 15 is 0 Å². The highest BCUT2D eigenvalue weighted by Crippen LogP contribution is 2.18. The summed E-state index contributed by atoms with van der Waals surface area (Å²) < 4.78 is 0. The lowest BCUT2D eigenvalue weighted by atomic mass is 10.1. The van der Waals surface area contributed by atoms with E-state index in [9.17, 15) is 4.79 Å². The molecule has 3 heteroatoms. The first-order valence-corrected chi connectivity index (χ1v) is 7.88. The van der Waals surface area contributed by atoms with Gasteiger partial charge >= 0.3 is 0 Å². The Kier molecular flexibility index (Phi) is 5.73. The number of benzene rings is 2. The highest BCUT2D eigenvalue weighted by atomic mass is 16.2. The Balaban J connectivity index is 2.20. The van der Waals surface area contributed by atoms with Gasteiger partial charge in [-0.05, 0) is 37.5 Å². The number of nitrogens with two attached hydrogens (primary N) is 1. The van der Waals surface area contributed by atoms with Crippen LogP contribution in [0.15, 0.2) is 48.5 Å². The van der Waals surface area contributed by atoms with Gasteiger partial charge in [0.1, 0.15) is 0 Å². The molecule has 0 heterocycles. The van der Waals surface area contributed by atoms with Crippen LogP contribution in [-0.2, 0) is 4.79 Å². The number of hydrogen-bond donors (Lipinski definition) is 2. The number of carbonyl (C=O) groups excluding carboxylic acids is 1. The smallest absolute Gasteiger partial charge is 0.287 e. The van der Waals surface area contributed by atoms with Crippen LogP contribution in [0.25, 0.3) is 0 Å². The lowest BCUT2D eigenvalue weighted by Crippen LogP contribution is -2.87. The average Bonchev–Trinajstić information content (AvgIpc) is 2.52. The molecule has 2 rings (SSSR count). The predicted molar refractivity (Wildman–Crippen MR) is 90.8 cm³/mol. The Bertz CT molecular complexity index is 623. The summed E-state index contributed by atoms with van der Waals surface area (Å²) in [5.41, 5.74) is 4.17. The second-order valence-corrected chi connectivity index (χ2v) is 5.72. The zero-order valence-corrected chi connectivity index (χ0v) is 13.6. The number of amides is 1. The third kappa shape index (κ3) is 4.18. The van der Waals surface area contributed by atoms with Crippen LogP contribution in [-0.4, -0.2) is 12.5 Å². The number of aryl methyl sites for hydroxylation is 2. The Morgan fingerprint density at radius 1 is 1.14 bits per heavy atom. The SMILES string of the molecule is CCC[NH2+][C@H](C(=O)Nc1cc(C)ccc1C)c1ccccc1. The molecule has 0 aliphatic heterocycles. The molecule has 116 valence electrons. The number of nitrogens with one attached hydrogen (secondary N) is 1. The first kappa shape index (κ1) is 16.2. The predicted octanol–water partition coefficient (Wildman–Crippen LogP) is 2.96. The van der Waals surface area contributed by atoms with Gasteiger partial charge in [0.05, 0.1) is 6.54 Å². The van der Waals surface area contributed by atoms with E-state index in [1.807, 2.05) is 56.3 Å². The maximum Gasteiger partial charge on any atom is 0.287 e. The Morgan fingerprint density at radius 2 is 1.86 bits per heavy atom. The van der Waals surface area contributed by atoms with Crippen molar-refractivity contribution in [1.82, 2.24) is 0 Å². The van der Waals surface area contributed by atoms with Crippen molar-refractivity contribution < 1.29 is 10.1 Å². The lowest BCUT2D eigenvalue weighted by Gasteiger charge is -2.17. The molecule has 0 aliphatic carbocycles. The summed E-state index contributed by atoms with van der Waals surface area (Å²) in [7, 11) is 0. The van der Waals surface area contributed by atoms with Crippen molar-refractivity contribution >= 4 is 11.6 Å². The molecule has 1 atom stereocenters. The Morgan fingerprint density at radius 3 is 2.55 bits per heavy atom. The lowest BCUT2D eigenvalue weighted by molar-refractivity contribution is -0.682. The van der Waals surface area contributed by atoms with Crippen molar-refractivity contribution in [3.63, 3.8) is 0 Å². The molecule has 0 aromatic heterocycles. The Hall–Kier alpha value is -2.13. The quantitative estimate of drug-likeness (QED) is 0.846. The van der Waals surface area contributed by atoms with Crippen LogP contribution < -0.4 is 10.6 Å². The normalized spacial score (nSPS) is 12.0. The van der Waals surface area contributed by atoms with Gasteiger partial charge in [-0.2, -0.15) is 0 Å². The maximum absolute atomic E-state index is 12.7. The van der Waals surface area contributed by atoms with Crippen molar-refractivity contribution in [1.29, 1.82) is 0 Å². The molecule has 0 aliphatic rings. The van der Waals surface area contributed by atoms with Crippen molar-refractivity contribution in [2.24, 2.45) is 0 Å². The first-order chi connectivity index (χ1) is 10.6. The summed E-state index contributed by atoms with van der Waals surface area (Å²) in [6, 6.07) is 15.9. The largest absolute Gasteiger partial charge is 0.332 e. The van der Waals surface area contributed by atoms with Crippen LogP contribution in [0.2, 0.25) is 0 Å². The third-order valence-corrected chi connectivity index (χ3v) is 3.78. The second-order valence-electron chi connectivity index (χ2n) is 5.72. The Labute approximate surface area is 132 Å². The molecule has 2 aromatic rings. The van der Waals surface area contributed by atoms with Gasteiger partial charge in [0.25, 0.3) is 5.91 Å². The van der Waals surface area contributed by atoms with Gasteiger partial charge in [-0.1, -0.05) is 49.4 Å². The van der Waals surface area contributed by atoms with Crippen molar-refractivity contribution in [2.75, 3.05) is 11.9 Å². The molecule has 3 N–H and O–H groups in total. The molecule has 0 radical (unpaired) electrons. The number of quaternary nitrogens is 1. The fraction of sp³-hybridized carbons (Fsp3) is 0.316. The molecule has 0 saturated carbocycles. The van der Waals surface area contributed by atoms with Crippen LogP contribution in [0.1, 0.15) is 36.1 Å². The summed E-state index contributed by atoms with van der Waals surface area (Å²) in [5.74, 6) is 0.0355. The summed E-state index contributed by atoms with van der Waals surface area (Å²) in [5, 5.41) is 5.20. The number of carbonyl (C=O) groups is 1. The molecule has 0 fully saturated rings. The van der Waals surface area contributed by atoms with E-state index in [1.54, 1.807) is 0 Å². The van der Waals surface area contributed by atoms with E-state index in [4.69, 9.17) is 0 Å². The van der Waals surface area contributed by atoms with E-state index in [0.29, 0.717) is 0 Å². The molecular weight excluding hydrogens is 272 g/mol. The zero-order valence-electron chi connectivity index (χ0n) is 13.6. The summed E-state index contributed by atoms with van der Waals surface area (Å²) in [4.78, 5) is 12.7. The summed E-state index contributed by atoms with van der Waals surface area (Å²) >= 11 is 0. The minimum atomic E-state index is -0.207. The molecule has 22 heavy (non-hydrogen) atoms. The van der Waals surface area contributed by atoms with Crippen molar-refractivity contribution in [3.8, 4) is 0 Å². The van der Waals surface area contributed by atoms with Gasteiger partial charge in [0.2, 0.25) is 0 Å². The molecule has 0 bridgehead atoms. The minimum absolute atomic E-state index is 0.0355. The van der Waals surface area contributed by atoms with Crippen LogP contribution >= 0.6 is 0 Å². The van der Waals surface area contributed by atoms with Crippen molar-refractivity contribution in [2.45, 2.75) is 33.2 Å². The molecule has 0 saturated heterocycles. The van der Waals surface area contributed by atoms with Crippen LogP contribution in [0.5, 0.6) is 0 Å². The zero-order chi connectivity index (χ0) is 15.9. The van der Waals surface area contributed by atoms with Crippen LogP contribution in [0.4, 0.5) is 5.69 Å². The fourth-order valence-electron chi connectivity index (χ4n) is 2.47.